The maximum atomic E-state index is 13.7. The summed E-state index contributed by atoms with van der Waals surface area (Å²) in [5.74, 6) is -0.0144. The minimum atomic E-state index is -4.59. The maximum Gasteiger partial charge on any atom is 0.433 e. The van der Waals surface area contributed by atoms with E-state index in [4.69, 9.17) is 0 Å². The molecule has 0 spiro atoms. The van der Waals surface area contributed by atoms with Gasteiger partial charge in [0.25, 0.3) is 5.91 Å². The molecule has 31 heavy (non-hydrogen) atoms. The smallest absolute Gasteiger partial charge is 0.337 e. The third-order valence-corrected chi connectivity index (χ3v) is 6.51. The van der Waals surface area contributed by atoms with E-state index in [0.717, 1.165) is 36.3 Å². The summed E-state index contributed by atoms with van der Waals surface area (Å²) < 4.78 is 41.8. The van der Waals surface area contributed by atoms with E-state index in [0.29, 0.717) is 24.7 Å². The van der Waals surface area contributed by atoms with E-state index >= 15 is 0 Å². The number of hydrogen-bond donors (Lipinski definition) is 0. The number of nitrogens with zero attached hydrogens (tertiary/aromatic N) is 5. The molecule has 0 bridgehead atoms. The van der Waals surface area contributed by atoms with E-state index in [1.165, 1.54) is 11.6 Å². The molecule has 3 aromatic rings. The van der Waals surface area contributed by atoms with E-state index in [2.05, 4.69) is 15.1 Å². The highest BCUT2D eigenvalue weighted by Gasteiger charge is 2.44. The molecule has 6 nitrogen and oxygen atoms in total. The highest BCUT2D eigenvalue weighted by molar-refractivity contribution is 5.93. The van der Waals surface area contributed by atoms with Crippen molar-refractivity contribution in [2.24, 2.45) is 0 Å². The van der Waals surface area contributed by atoms with E-state index in [-0.39, 0.29) is 22.7 Å². The Balaban J connectivity index is 1.41. The molecule has 9 heteroatoms. The average molecular weight is 429 g/mol. The zero-order chi connectivity index (χ0) is 21.8. The molecule has 4 heterocycles. The number of fused-ring (bicyclic) bond motifs is 1. The number of hydrogen-bond acceptors (Lipinski definition) is 4. The fourth-order valence-electron chi connectivity index (χ4n) is 4.25. The third kappa shape index (κ3) is 3.66. The molecule has 0 aromatic carbocycles. The monoisotopic (exact) mass is 429 g/mol. The van der Waals surface area contributed by atoms with Crippen LogP contribution in [0.3, 0.4) is 0 Å². The van der Waals surface area contributed by atoms with Gasteiger partial charge in [-0.15, -0.1) is 0 Å². The lowest BCUT2D eigenvalue weighted by atomic mass is 9.90. The van der Waals surface area contributed by atoms with Gasteiger partial charge in [-0.2, -0.15) is 18.3 Å². The Morgan fingerprint density at radius 1 is 1.13 bits per heavy atom. The highest BCUT2D eigenvalue weighted by Crippen LogP contribution is 2.47. The van der Waals surface area contributed by atoms with Gasteiger partial charge in [-0.05, 0) is 55.4 Å². The lowest BCUT2D eigenvalue weighted by Crippen LogP contribution is -2.38. The Kier molecular flexibility index (Phi) is 4.53. The van der Waals surface area contributed by atoms with Crippen LogP contribution < -0.4 is 0 Å². The van der Waals surface area contributed by atoms with Crippen LogP contribution in [-0.4, -0.2) is 43.5 Å². The maximum absolute atomic E-state index is 13.7. The number of halogens is 3. The second kappa shape index (κ2) is 7.03. The number of alkyl halides is 3. The third-order valence-electron chi connectivity index (χ3n) is 6.51. The van der Waals surface area contributed by atoms with E-state index in [1.54, 1.807) is 17.3 Å². The van der Waals surface area contributed by atoms with Gasteiger partial charge in [0.05, 0.1) is 5.69 Å². The summed E-state index contributed by atoms with van der Waals surface area (Å²) in [7, 11) is 0. The lowest BCUT2D eigenvalue weighted by Gasteiger charge is -2.31. The Labute approximate surface area is 177 Å². The van der Waals surface area contributed by atoms with E-state index in [9.17, 15) is 18.0 Å². The van der Waals surface area contributed by atoms with Gasteiger partial charge in [-0.25, -0.2) is 9.50 Å². The molecule has 0 radical (unpaired) electrons. The molecular formula is C22H22F3N5O. The summed E-state index contributed by atoms with van der Waals surface area (Å²) in [6.45, 7) is 2.96. The van der Waals surface area contributed by atoms with Gasteiger partial charge in [-0.3, -0.25) is 9.78 Å². The first-order valence-electron chi connectivity index (χ1n) is 10.4. The Bertz CT molecular complexity index is 1130. The topological polar surface area (TPSA) is 63.4 Å². The van der Waals surface area contributed by atoms with Gasteiger partial charge < -0.3 is 4.90 Å². The number of carbonyl (C=O) groups excluding carboxylic acids is 1. The molecule has 1 aliphatic heterocycles. The predicted octanol–water partition coefficient (Wildman–Crippen LogP) is 4.21. The number of likely N-dealkylation sites (tertiary alicyclic amines) is 1. The van der Waals surface area contributed by atoms with Crippen molar-refractivity contribution in [1.82, 2.24) is 24.5 Å². The van der Waals surface area contributed by atoms with Crippen LogP contribution in [0.25, 0.3) is 5.65 Å². The summed E-state index contributed by atoms with van der Waals surface area (Å²) >= 11 is 0. The van der Waals surface area contributed by atoms with Crippen molar-refractivity contribution in [3.05, 3.63) is 59.3 Å². The summed E-state index contributed by atoms with van der Waals surface area (Å²) in [5.41, 5.74) is 0.437. The molecule has 162 valence electrons. The van der Waals surface area contributed by atoms with E-state index in [1.807, 2.05) is 19.1 Å². The molecule has 5 rings (SSSR count). The molecule has 1 aliphatic carbocycles. The normalized spacial score (nSPS) is 19.0. The van der Waals surface area contributed by atoms with Crippen molar-refractivity contribution in [3.63, 3.8) is 0 Å². The number of pyridine rings is 1. The molecule has 1 saturated carbocycles. The van der Waals surface area contributed by atoms with Crippen molar-refractivity contribution in [3.8, 4) is 0 Å². The molecule has 1 amide bonds. The summed E-state index contributed by atoms with van der Waals surface area (Å²) in [5, 5.41) is 4.01. The van der Waals surface area contributed by atoms with Gasteiger partial charge in [0.15, 0.2) is 11.3 Å². The summed E-state index contributed by atoms with van der Waals surface area (Å²) in [4.78, 5) is 23.1. The quantitative estimate of drug-likeness (QED) is 0.626. The van der Waals surface area contributed by atoms with E-state index < -0.39 is 11.9 Å². The Morgan fingerprint density at radius 2 is 1.81 bits per heavy atom. The molecular weight excluding hydrogens is 407 g/mol. The van der Waals surface area contributed by atoms with Gasteiger partial charge in [0.1, 0.15) is 5.69 Å². The molecule has 3 aromatic heterocycles. The standard InChI is InChI=1S/C22H22F3N5O/c1-21(6-7-21)17-13-18(22(23,24)25)30-19(27-17)12-16(28-30)20(31)29-10-4-15(5-11-29)14-2-8-26-9-3-14/h2-3,8-9,12-13,15H,4-7,10-11H2,1H3. The van der Waals surface area contributed by atoms with Crippen LogP contribution in [0.4, 0.5) is 13.2 Å². The van der Waals surface area contributed by atoms with Crippen LogP contribution in [0.1, 0.15) is 66.0 Å². The van der Waals surface area contributed by atoms with Crippen LogP contribution in [0.15, 0.2) is 36.7 Å². The molecule has 0 N–H and O–H groups in total. The molecule has 0 atom stereocenters. The Hall–Kier alpha value is -2.97. The molecule has 2 aliphatic rings. The largest absolute Gasteiger partial charge is 0.433 e. The fourth-order valence-corrected chi connectivity index (χ4v) is 4.25. The first kappa shape index (κ1) is 20.0. The predicted molar refractivity (Wildman–Crippen MR) is 107 cm³/mol. The zero-order valence-corrected chi connectivity index (χ0v) is 17.1. The number of amides is 1. The lowest BCUT2D eigenvalue weighted by molar-refractivity contribution is -0.142. The van der Waals surface area contributed by atoms with Crippen LogP contribution in [0, 0.1) is 0 Å². The van der Waals surface area contributed by atoms with Crippen LogP contribution >= 0.6 is 0 Å². The summed E-state index contributed by atoms with van der Waals surface area (Å²) in [6.07, 6.45) is 2.11. The first-order chi connectivity index (χ1) is 14.7. The molecule has 1 saturated heterocycles. The number of piperidine rings is 1. The second-order valence-electron chi connectivity index (χ2n) is 8.73. The molecule has 2 fully saturated rings. The number of rotatable bonds is 3. The SMILES string of the molecule is CC1(c2cc(C(F)(F)F)n3nc(C(=O)N4CCC(c5ccncc5)CC4)cc3n2)CC1. The van der Waals surface area contributed by atoms with Crippen LogP contribution in [-0.2, 0) is 11.6 Å². The van der Waals surface area contributed by atoms with Crippen LogP contribution in [0.5, 0.6) is 0 Å². The van der Waals surface area contributed by atoms with Crippen molar-refractivity contribution in [2.45, 2.75) is 50.1 Å². The minimum Gasteiger partial charge on any atom is -0.337 e. The average Bonchev–Trinajstić information content (AvgIpc) is 3.37. The van der Waals surface area contributed by atoms with Crippen molar-refractivity contribution >= 4 is 11.6 Å². The Morgan fingerprint density at radius 3 is 2.42 bits per heavy atom. The van der Waals surface area contributed by atoms with Gasteiger partial charge in [0.2, 0.25) is 0 Å². The van der Waals surface area contributed by atoms with Gasteiger partial charge >= 0.3 is 6.18 Å². The van der Waals surface area contributed by atoms with Gasteiger partial charge in [-0.1, -0.05) is 6.92 Å². The number of aromatic nitrogens is 4. The van der Waals surface area contributed by atoms with Crippen LogP contribution in [0.2, 0.25) is 0 Å². The van der Waals surface area contributed by atoms with Crippen molar-refractivity contribution in [1.29, 1.82) is 0 Å². The summed E-state index contributed by atoms with van der Waals surface area (Å²) in [6, 6.07) is 6.41. The first-order valence-corrected chi connectivity index (χ1v) is 10.4. The van der Waals surface area contributed by atoms with Gasteiger partial charge in [0, 0.05) is 37.0 Å². The van der Waals surface area contributed by atoms with Crippen molar-refractivity contribution < 1.29 is 18.0 Å². The highest BCUT2D eigenvalue weighted by atomic mass is 19.4. The fraction of sp³-hybridized carbons (Fsp3) is 0.455. The number of carbonyl (C=O) groups is 1. The zero-order valence-electron chi connectivity index (χ0n) is 17.1. The van der Waals surface area contributed by atoms with Crippen molar-refractivity contribution in [2.75, 3.05) is 13.1 Å². The minimum absolute atomic E-state index is 0.00142. The molecule has 0 unspecified atom stereocenters. The second-order valence-corrected chi connectivity index (χ2v) is 8.73.